The molecule has 1 fully saturated rings. The number of amides is 1. The first-order valence-corrected chi connectivity index (χ1v) is 11.5. The molecule has 1 aliphatic heterocycles. The molecule has 0 aliphatic carbocycles. The fraction of sp³-hybridized carbons (Fsp3) is 0.280. The summed E-state index contributed by atoms with van der Waals surface area (Å²) >= 11 is 1.75. The van der Waals surface area contributed by atoms with Crippen LogP contribution in [0.25, 0.3) is 0 Å². The van der Waals surface area contributed by atoms with Crippen molar-refractivity contribution < 1.29 is 4.79 Å². The highest BCUT2D eigenvalue weighted by Crippen LogP contribution is 2.25. The van der Waals surface area contributed by atoms with Gasteiger partial charge >= 0.3 is 0 Å². The quantitative estimate of drug-likeness (QED) is 0.527. The van der Waals surface area contributed by atoms with E-state index in [4.69, 9.17) is 0 Å². The molecule has 1 saturated heterocycles. The molecule has 0 saturated carbocycles. The van der Waals surface area contributed by atoms with Gasteiger partial charge in [0, 0.05) is 35.2 Å². The van der Waals surface area contributed by atoms with Crippen molar-refractivity contribution >= 4 is 17.7 Å². The van der Waals surface area contributed by atoms with Gasteiger partial charge in [0.2, 0.25) is 0 Å². The summed E-state index contributed by atoms with van der Waals surface area (Å²) in [7, 11) is 0. The summed E-state index contributed by atoms with van der Waals surface area (Å²) in [6.45, 7) is 2.82. The molecule has 30 heavy (non-hydrogen) atoms. The monoisotopic (exact) mass is 417 g/mol. The Labute approximate surface area is 182 Å². The summed E-state index contributed by atoms with van der Waals surface area (Å²) < 4.78 is 0. The van der Waals surface area contributed by atoms with Crippen molar-refractivity contribution in [2.45, 2.75) is 29.5 Å². The van der Waals surface area contributed by atoms with Crippen molar-refractivity contribution in [3.63, 3.8) is 0 Å². The molecule has 0 bridgehead atoms. The smallest absolute Gasteiger partial charge is 0.251 e. The number of thioether (sulfide) groups is 1. The molecule has 1 atom stereocenters. The van der Waals surface area contributed by atoms with Gasteiger partial charge in [0.05, 0.1) is 6.04 Å². The second-order valence-electron chi connectivity index (χ2n) is 7.55. The van der Waals surface area contributed by atoms with Crippen LogP contribution in [0, 0.1) is 0 Å². The zero-order valence-electron chi connectivity index (χ0n) is 17.0. The molecule has 1 N–H and O–H groups in total. The lowest BCUT2D eigenvalue weighted by Crippen LogP contribution is -2.36. The summed E-state index contributed by atoms with van der Waals surface area (Å²) in [6.07, 6.45) is 6.14. The van der Waals surface area contributed by atoms with Gasteiger partial charge in [-0.1, -0.05) is 36.4 Å². The Morgan fingerprint density at radius 1 is 1.00 bits per heavy atom. The number of benzene rings is 2. The van der Waals surface area contributed by atoms with Crippen LogP contribution in [-0.4, -0.2) is 35.4 Å². The topological polar surface area (TPSA) is 45.2 Å². The minimum atomic E-state index is -0.0149. The Balaban J connectivity index is 1.34. The van der Waals surface area contributed by atoms with Crippen LogP contribution in [0.1, 0.15) is 40.4 Å². The maximum atomic E-state index is 12.7. The minimum absolute atomic E-state index is 0.0149. The third-order valence-corrected chi connectivity index (χ3v) is 6.55. The molecule has 1 aliphatic rings. The van der Waals surface area contributed by atoms with E-state index in [0.29, 0.717) is 12.1 Å². The van der Waals surface area contributed by atoms with E-state index in [9.17, 15) is 4.79 Å². The summed E-state index contributed by atoms with van der Waals surface area (Å²) in [5, 5.41) is 3.16. The molecule has 1 unspecified atom stereocenters. The first-order chi connectivity index (χ1) is 14.8. The van der Waals surface area contributed by atoms with Crippen LogP contribution in [0.15, 0.2) is 84.0 Å². The molecule has 4 nitrogen and oxygen atoms in total. The molecule has 2 aromatic carbocycles. The van der Waals surface area contributed by atoms with E-state index in [2.05, 4.69) is 45.5 Å². The van der Waals surface area contributed by atoms with E-state index in [0.717, 1.165) is 23.7 Å². The average Bonchev–Trinajstić information content (AvgIpc) is 3.34. The van der Waals surface area contributed by atoms with Crippen molar-refractivity contribution in [1.29, 1.82) is 0 Å². The average molecular weight is 418 g/mol. The third kappa shape index (κ3) is 5.49. The molecule has 0 spiro atoms. The fourth-order valence-corrected chi connectivity index (χ4v) is 4.66. The molecule has 4 rings (SSSR count). The summed E-state index contributed by atoms with van der Waals surface area (Å²) in [5.74, 6) is 0.854. The Kier molecular flexibility index (Phi) is 7.16. The van der Waals surface area contributed by atoms with Crippen LogP contribution in [0.2, 0.25) is 0 Å². The second-order valence-corrected chi connectivity index (χ2v) is 8.60. The Hall–Kier alpha value is -2.63. The van der Waals surface area contributed by atoms with E-state index in [1.54, 1.807) is 18.0 Å². The molecule has 154 valence electrons. The van der Waals surface area contributed by atoms with Crippen LogP contribution in [-0.2, 0) is 5.75 Å². The number of likely N-dealkylation sites (tertiary alicyclic amines) is 1. The van der Waals surface area contributed by atoms with Crippen LogP contribution in [0.3, 0.4) is 0 Å². The highest BCUT2D eigenvalue weighted by atomic mass is 32.2. The normalized spacial score (nSPS) is 15.1. The van der Waals surface area contributed by atoms with Crippen molar-refractivity contribution in [2.24, 2.45) is 0 Å². The summed E-state index contributed by atoms with van der Waals surface area (Å²) in [5.41, 5.74) is 3.16. The van der Waals surface area contributed by atoms with Gasteiger partial charge in [0.15, 0.2) is 0 Å². The number of carbonyl (C=O) groups excluding carboxylic acids is 1. The van der Waals surface area contributed by atoms with E-state index in [1.165, 1.54) is 24.0 Å². The van der Waals surface area contributed by atoms with Gasteiger partial charge in [-0.05, 0) is 67.4 Å². The predicted molar refractivity (Wildman–Crippen MR) is 123 cm³/mol. The van der Waals surface area contributed by atoms with Crippen molar-refractivity contribution in [3.05, 3.63) is 95.8 Å². The molecular weight excluding hydrogens is 390 g/mol. The van der Waals surface area contributed by atoms with Crippen LogP contribution < -0.4 is 5.32 Å². The molecule has 2 heterocycles. The fourth-order valence-electron chi connectivity index (χ4n) is 3.83. The molecule has 1 aromatic heterocycles. The van der Waals surface area contributed by atoms with Gasteiger partial charge in [-0.25, -0.2) is 0 Å². The molecule has 5 heteroatoms. The van der Waals surface area contributed by atoms with Gasteiger partial charge in [-0.15, -0.1) is 11.8 Å². The van der Waals surface area contributed by atoms with E-state index in [1.807, 2.05) is 42.6 Å². The number of pyridine rings is 1. The first kappa shape index (κ1) is 20.6. The van der Waals surface area contributed by atoms with Gasteiger partial charge in [-0.3, -0.25) is 14.7 Å². The van der Waals surface area contributed by atoms with Gasteiger partial charge in [0.1, 0.15) is 0 Å². The lowest BCUT2D eigenvalue weighted by atomic mass is 10.1. The first-order valence-electron chi connectivity index (χ1n) is 10.5. The molecular formula is C25H27N3OS. The number of hydrogen-bond acceptors (Lipinski definition) is 4. The minimum Gasteiger partial charge on any atom is -0.350 e. The van der Waals surface area contributed by atoms with Crippen LogP contribution in [0.4, 0.5) is 0 Å². The number of aromatic nitrogens is 1. The van der Waals surface area contributed by atoms with E-state index < -0.39 is 0 Å². The largest absolute Gasteiger partial charge is 0.350 e. The zero-order valence-corrected chi connectivity index (χ0v) is 17.9. The lowest BCUT2D eigenvalue weighted by Gasteiger charge is -2.28. The SMILES string of the molecule is O=C(NCC(c1ccccc1)N1CCCC1)c1ccc(SCc2cccnc2)cc1. The van der Waals surface area contributed by atoms with Crippen LogP contribution in [0.5, 0.6) is 0 Å². The molecule has 0 radical (unpaired) electrons. The third-order valence-electron chi connectivity index (χ3n) is 5.47. The summed E-state index contributed by atoms with van der Waals surface area (Å²) in [4.78, 5) is 20.5. The summed E-state index contributed by atoms with van der Waals surface area (Å²) in [6, 6.07) is 22.6. The van der Waals surface area contributed by atoms with Crippen molar-refractivity contribution in [2.75, 3.05) is 19.6 Å². The highest BCUT2D eigenvalue weighted by molar-refractivity contribution is 7.98. The Morgan fingerprint density at radius 3 is 2.47 bits per heavy atom. The van der Waals surface area contributed by atoms with E-state index >= 15 is 0 Å². The number of rotatable bonds is 8. The van der Waals surface area contributed by atoms with Crippen LogP contribution >= 0.6 is 11.8 Å². The Bertz CT molecular complexity index is 926. The maximum absolute atomic E-state index is 12.7. The van der Waals surface area contributed by atoms with Gasteiger partial charge < -0.3 is 5.32 Å². The number of carbonyl (C=O) groups is 1. The number of hydrogen-bond donors (Lipinski definition) is 1. The van der Waals surface area contributed by atoms with Gasteiger partial charge in [0.25, 0.3) is 5.91 Å². The second kappa shape index (κ2) is 10.4. The maximum Gasteiger partial charge on any atom is 0.251 e. The van der Waals surface area contributed by atoms with E-state index in [-0.39, 0.29) is 11.9 Å². The molecule has 3 aromatic rings. The number of nitrogens with one attached hydrogen (secondary N) is 1. The predicted octanol–water partition coefficient (Wildman–Crippen LogP) is 4.94. The Morgan fingerprint density at radius 2 is 1.77 bits per heavy atom. The zero-order chi connectivity index (χ0) is 20.6. The van der Waals surface area contributed by atoms with Gasteiger partial charge in [-0.2, -0.15) is 0 Å². The standard InChI is InChI=1S/C25H27N3OS/c29-25(22-10-12-23(13-11-22)30-19-20-7-6-14-26-17-20)27-18-24(28-15-4-5-16-28)21-8-2-1-3-9-21/h1-3,6-14,17,24H,4-5,15-16,18-19H2,(H,27,29). The number of nitrogens with zero attached hydrogens (tertiary/aromatic N) is 2. The highest BCUT2D eigenvalue weighted by Gasteiger charge is 2.23. The molecule has 1 amide bonds. The van der Waals surface area contributed by atoms with Crippen molar-refractivity contribution in [3.8, 4) is 0 Å². The van der Waals surface area contributed by atoms with Crippen molar-refractivity contribution in [1.82, 2.24) is 15.2 Å². The lowest BCUT2D eigenvalue weighted by molar-refractivity contribution is 0.0938.